The Bertz CT molecular complexity index is 591. The van der Waals surface area contributed by atoms with Crippen LogP contribution in [0.15, 0.2) is 12.1 Å². The number of hydrogen-bond acceptors (Lipinski definition) is 4. The molecule has 1 aromatic rings. The van der Waals surface area contributed by atoms with Gasteiger partial charge in [-0.3, -0.25) is 9.59 Å². The summed E-state index contributed by atoms with van der Waals surface area (Å²) in [5.74, 6) is 0.652. The average molecular weight is 322 g/mol. The number of rotatable bonds is 5. The Morgan fingerprint density at radius 1 is 1.09 bits per heavy atom. The van der Waals surface area contributed by atoms with E-state index in [0.717, 1.165) is 5.56 Å². The number of hydrogen-bond donors (Lipinski definition) is 2. The lowest BCUT2D eigenvalue weighted by atomic mass is 9.95. The van der Waals surface area contributed by atoms with Gasteiger partial charge in [0.05, 0.1) is 14.2 Å². The van der Waals surface area contributed by atoms with Crippen molar-refractivity contribution in [3.63, 3.8) is 0 Å². The van der Waals surface area contributed by atoms with Crippen molar-refractivity contribution in [3.8, 4) is 11.5 Å². The van der Waals surface area contributed by atoms with Gasteiger partial charge < -0.3 is 20.1 Å². The number of anilines is 1. The highest BCUT2D eigenvalue weighted by Crippen LogP contribution is 2.32. The van der Waals surface area contributed by atoms with Crippen LogP contribution in [0.1, 0.15) is 33.3 Å². The summed E-state index contributed by atoms with van der Waals surface area (Å²) >= 11 is 0. The van der Waals surface area contributed by atoms with Crippen molar-refractivity contribution in [2.24, 2.45) is 5.41 Å². The quantitative estimate of drug-likeness (QED) is 0.873. The predicted octanol–water partition coefficient (Wildman–Crippen LogP) is 2.50. The number of carbonyl (C=O) groups is 2. The first-order valence-corrected chi connectivity index (χ1v) is 7.44. The van der Waals surface area contributed by atoms with Crippen LogP contribution >= 0.6 is 0 Å². The number of benzene rings is 1. The van der Waals surface area contributed by atoms with Gasteiger partial charge in [0.1, 0.15) is 6.04 Å². The van der Waals surface area contributed by atoms with E-state index in [9.17, 15) is 9.59 Å². The van der Waals surface area contributed by atoms with Gasteiger partial charge in [0.2, 0.25) is 11.8 Å². The molecule has 0 heterocycles. The highest BCUT2D eigenvalue weighted by atomic mass is 16.5. The lowest BCUT2D eigenvalue weighted by Crippen LogP contribution is -2.46. The Hall–Kier alpha value is -2.24. The highest BCUT2D eigenvalue weighted by molar-refractivity contribution is 5.98. The zero-order valence-electron chi connectivity index (χ0n) is 14.9. The summed E-state index contributed by atoms with van der Waals surface area (Å²) in [5.41, 5.74) is 0.906. The number of amides is 2. The fourth-order valence-electron chi connectivity index (χ4n) is 1.83. The molecule has 2 N–H and O–H groups in total. The molecular weight excluding hydrogens is 296 g/mol. The second-order valence-electron chi connectivity index (χ2n) is 6.46. The Morgan fingerprint density at radius 3 is 2.09 bits per heavy atom. The van der Waals surface area contributed by atoms with Crippen LogP contribution in [0.2, 0.25) is 0 Å². The molecule has 1 atom stereocenters. The Labute approximate surface area is 137 Å². The molecule has 128 valence electrons. The van der Waals surface area contributed by atoms with Crippen molar-refractivity contribution in [1.29, 1.82) is 0 Å². The highest BCUT2D eigenvalue weighted by Gasteiger charge is 2.25. The first-order valence-electron chi connectivity index (χ1n) is 7.44. The van der Waals surface area contributed by atoms with E-state index in [-0.39, 0.29) is 11.8 Å². The van der Waals surface area contributed by atoms with Crippen LogP contribution in [0.4, 0.5) is 5.69 Å². The summed E-state index contributed by atoms with van der Waals surface area (Å²) in [6.07, 6.45) is 0. The maximum absolute atomic E-state index is 12.3. The van der Waals surface area contributed by atoms with Crippen LogP contribution in [-0.4, -0.2) is 32.1 Å². The van der Waals surface area contributed by atoms with E-state index in [1.807, 2.05) is 6.92 Å². The van der Waals surface area contributed by atoms with E-state index in [0.29, 0.717) is 17.2 Å². The first-order chi connectivity index (χ1) is 10.6. The van der Waals surface area contributed by atoms with Crippen molar-refractivity contribution in [2.75, 3.05) is 19.5 Å². The van der Waals surface area contributed by atoms with Gasteiger partial charge in [0, 0.05) is 17.2 Å². The molecular formula is C17H26N2O4. The molecule has 0 fully saturated rings. The first kappa shape index (κ1) is 18.8. The number of methoxy groups -OCH3 is 2. The smallest absolute Gasteiger partial charge is 0.246 e. The van der Waals surface area contributed by atoms with E-state index >= 15 is 0 Å². The van der Waals surface area contributed by atoms with Crippen LogP contribution in [0, 0.1) is 12.3 Å². The van der Waals surface area contributed by atoms with Crippen molar-refractivity contribution < 1.29 is 19.1 Å². The minimum Gasteiger partial charge on any atom is -0.493 e. The predicted molar refractivity (Wildman–Crippen MR) is 90.0 cm³/mol. The largest absolute Gasteiger partial charge is 0.493 e. The van der Waals surface area contributed by atoms with Gasteiger partial charge in [-0.15, -0.1) is 0 Å². The van der Waals surface area contributed by atoms with Crippen molar-refractivity contribution in [1.82, 2.24) is 5.32 Å². The molecule has 0 aliphatic heterocycles. The summed E-state index contributed by atoms with van der Waals surface area (Å²) < 4.78 is 10.5. The van der Waals surface area contributed by atoms with Crippen molar-refractivity contribution in [2.45, 2.75) is 40.7 Å². The summed E-state index contributed by atoms with van der Waals surface area (Å²) in [5, 5.41) is 5.51. The van der Waals surface area contributed by atoms with Crippen LogP contribution in [0.5, 0.6) is 11.5 Å². The topological polar surface area (TPSA) is 76.7 Å². The molecule has 1 unspecified atom stereocenters. The van der Waals surface area contributed by atoms with Gasteiger partial charge in [-0.25, -0.2) is 0 Å². The van der Waals surface area contributed by atoms with Gasteiger partial charge >= 0.3 is 0 Å². The fourth-order valence-corrected chi connectivity index (χ4v) is 1.83. The second-order valence-corrected chi connectivity index (χ2v) is 6.46. The molecule has 0 radical (unpaired) electrons. The van der Waals surface area contributed by atoms with Crippen LogP contribution < -0.4 is 20.1 Å². The average Bonchev–Trinajstić information content (AvgIpc) is 2.47. The van der Waals surface area contributed by atoms with Gasteiger partial charge in [-0.2, -0.15) is 0 Å². The lowest BCUT2D eigenvalue weighted by molar-refractivity contribution is -0.131. The normalized spacial score (nSPS) is 12.3. The fraction of sp³-hybridized carbons (Fsp3) is 0.529. The molecule has 0 saturated carbocycles. The maximum atomic E-state index is 12.3. The minimum atomic E-state index is -0.644. The van der Waals surface area contributed by atoms with Gasteiger partial charge in [-0.1, -0.05) is 20.8 Å². The summed E-state index contributed by atoms with van der Waals surface area (Å²) in [4.78, 5) is 24.2. The summed E-state index contributed by atoms with van der Waals surface area (Å²) in [7, 11) is 3.09. The van der Waals surface area contributed by atoms with Crippen molar-refractivity contribution in [3.05, 3.63) is 17.7 Å². The molecule has 0 saturated heterocycles. The Morgan fingerprint density at radius 2 is 1.61 bits per heavy atom. The van der Waals surface area contributed by atoms with E-state index in [1.165, 1.54) is 7.11 Å². The Balaban J connectivity index is 2.87. The molecule has 1 aromatic carbocycles. The van der Waals surface area contributed by atoms with Crippen LogP contribution in [-0.2, 0) is 9.59 Å². The third-order valence-electron chi connectivity index (χ3n) is 3.41. The third-order valence-corrected chi connectivity index (χ3v) is 3.41. The number of ether oxygens (including phenoxy) is 2. The van der Waals surface area contributed by atoms with Crippen LogP contribution in [0.3, 0.4) is 0 Å². The molecule has 1 rings (SSSR count). The van der Waals surface area contributed by atoms with E-state index < -0.39 is 11.5 Å². The van der Waals surface area contributed by atoms with Crippen LogP contribution in [0.25, 0.3) is 0 Å². The maximum Gasteiger partial charge on any atom is 0.246 e. The molecule has 0 bridgehead atoms. The lowest BCUT2D eigenvalue weighted by Gasteiger charge is -2.22. The monoisotopic (exact) mass is 322 g/mol. The number of aryl methyl sites for hydroxylation is 1. The van der Waals surface area contributed by atoms with Gasteiger partial charge in [0.15, 0.2) is 11.5 Å². The zero-order chi connectivity index (χ0) is 17.8. The SMILES string of the molecule is COc1cc(C)c(NC(=O)C(C)NC(=O)C(C)(C)C)cc1OC. The summed E-state index contributed by atoms with van der Waals surface area (Å²) in [6.45, 7) is 8.90. The molecule has 0 aromatic heterocycles. The zero-order valence-corrected chi connectivity index (χ0v) is 14.9. The molecule has 6 heteroatoms. The molecule has 23 heavy (non-hydrogen) atoms. The number of carbonyl (C=O) groups excluding carboxylic acids is 2. The van der Waals surface area contributed by atoms with Gasteiger partial charge in [0.25, 0.3) is 0 Å². The molecule has 6 nitrogen and oxygen atoms in total. The van der Waals surface area contributed by atoms with E-state index in [2.05, 4.69) is 10.6 Å². The van der Waals surface area contributed by atoms with E-state index in [4.69, 9.17) is 9.47 Å². The molecule has 2 amide bonds. The second kappa shape index (κ2) is 7.35. The third kappa shape index (κ3) is 4.87. The number of nitrogens with one attached hydrogen (secondary N) is 2. The standard InChI is InChI=1S/C17H26N2O4/c1-10-8-13(22-6)14(23-7)9-12(10)19-15(20)11(2)18-16(21)17(3,4)5/h8-9,11H,1-7H3,(H,18,21)(H,19,20). The summed E-state index contributed by atoms with van der Waals surface area (Å²) in [6, 6.07) is 2.84. The molecule has 0 spiro atoms. The van der Waals surface area contributed by atoms with Gasteiger partial charge in [-0.05, 0) is 25.5 Å². The van der Waals surface area contributed by atoms with E-state index in [1.54, 1.807) is 46.9 Å². The minimum absolute atomic E-state index is 0.177. The molecule has 0 aliphatic carbocycles. The van der Waals surface area contributed by atoms with Crippen molar-refractivity contribution >= 4 is 17.5 Å². The Kier molecular flexibility index (Phi) is 6.01. The molecule has 0 aliphatic rings.